The van der Waals surface area contributed by atoms with Gasteiger partial charge in [0, 0.05) is 36.7 Å². The Hall–Kier alpha value is -3.74. The van der Waals surface area contributed by atoms with Crippen LogP contribution in [-0.2, 0) is 16.1 Å². The molecule has 4 rings (SSSR count). The van der Waals surface area contributed by atoms with Gasteiger partial charge in [0.05, 0.1) is 12.7 Å². The van der Waals surface area contributed by atoms with Crippen molar-refractivity contribution < 1.29 is 51.0 Å². The van der Waals surface area contributed by atoms with Crippen LogP contribution in [0.5, 0.6) is 11.8 Å². The minimum Gasteiger partial charge on any atom is -0.491 e. The average molecular weight is 488 g/mol. The number of benzene rings is 1. The van der Waals surface area contributed by atoms with Gasteiger partial charge in [-0.2, -0.15) is 13.2 Å². The van der Waals surface area contributed by atoms with Gasteiger partial charge in [0.2, 0.25) is 5.88 Å². The highest BCUT2D eigenvalue weighted by atomic mass is 19.4. The number of halogens is 5. The number of rotatable bonds is 6. The van der Waals surface area contributed by atoms with Crippen molar-refractivity contribution in [2.75, 3.05) is 0 Å². The van der Waals surface area contributed by atoms with E-state index in [4.69, 9.17) is 23.9 Å². The number of ether oxygens (including phenoxy) is 2. The van der Waals surface area contributed by atoms with E-state index in [1.807, 2.05) is 0 Å². The molecule has 1 aliphatic carbocycles. The summed E-state index contributed by atoms with van der Waals surface area (Å²) in [5.41, 5.74) is 1.27. The summed E-state index contributed by atoms with van der Waals surface area (Å²) >= 11 is 0. The van der Waals surface area contributed by atoms with Gasteiger partial charge < -0.3 is 24.2 Å². The Balaban J connectivity index is 0.000000406. The van der Waals surface area contributed by atoms with E-state index >= 15 is 0 Å². The predicted molar refractivity (Wildman–Crippen MR) is 104 cm³/mol. The fraction of sp³-hybridized carbons (Fsp3) is 0.286. The summed E-state index contributed by atoms with van der Waals surface area (Å²) in [6.07, 6.45) is -2.11. The van der Waals surface area contributed by atoms with Gasteiger partial charge in [0.15, 0.2) is 17.4 Å². The van der Waals surface area contributed by atoms with Crippen LogP contribution in [0.15, 0.2) is 47.1 Å². The SMILES string of the molecule is O=C(O)C(F)(F)F.Oc1cc(-c2ccc(O[C@H]3C[C@@H](OCc4ccc(F)c(F)c4)C3)nc2)on1. The number of carboxylic acid groups (broad SMARTS) is 1. The summed E-state index contributed by atoms with van der Waals surface area (Å²) in [5, 5.41) is 19.7. The second-order valence-electron chi connectivity index (χ2n) is 7.13. The van der Waals surface area contributed by atoms with Gasteiger partial charge in [-0.05, 0) is 28.9 Å². The summed E-state index contributed by atoms with van der Waals surface area (Å²) in [6, 6.07) is 8.61. The summed E-state index contributed by atoms with van der Waals surface area (Å²) in [7, 11) is 0. The number of nitrogens with zero attached hydrogens (tertiary/aromatic N) is 2. The molecule has 1 fully saturated rings. The molecule has 182 valence electrons. The Labute approximate surface area is 188 Å². The molecule has 0 amide bonds. The molecule has 13 heteroatoms. The molecule has 0 unspecified atom stereocenters. The third-order valence-corrected chi connectivity index (χ3v) is 4.57. The maximum Gasteiger partial charge on any atom is 0.490 e. The van der Waals surface area contributed by atoms with Crippen LogP contribution < -0.4 is 4.74 Å². The van der Waals surface area contributed by atoms with Crippen LogP contribution >= 0.6 is 0 Å². The highest BCUT2D eigenvalue weighted by Crippen LogP contribution is 2.29. The van der Waals surface area contributed by atoms with E-state index < -0.39 is 23.8 Å². The molecule has 1 aliphatic rings. The number of aromatic hydroxyl groups is 1. The van der Waals surface area contributed by atoms with E-state index in [0.717, 1.165) is 12.1 Å². The van der Waals surface area contributed by atoms with Crippen LogP contribution in [0.2, 0.25) is 0 Å². The first kappa shape index (κ1) is 24.9. The Bertz CT molecular complexity index is 1110. The average Bonchev–Trinajstić information content (AvgIpc) is 3.18. The second-order valence-corrected chi connectivity index (χ2v) is 7.13. The van der Waals surface area contributed by atoms with Crippen LogP contribution in [0, 0.1) is 11.6 Å². The standard InChI is InChI=1S/C19H16F2N2O4.C2HF3O2/c20-15-3-1-11(5-16(15)21)10-25-13-6-14(7-13)26-19-4-2-12(9-22-19)17-8-18(24)23-27-17;3-2(4,5)1(6)7/h1-5,8-9,13-14H,6-7,10H2,(H,23,24);(H,6,7)/t13-,14+;. The van der Waals surface area contributed by atoms with E-state index in [0.29, 0.717) is 35.6 Å². The number of alkyl halides is 3. The zero-order chi connectivity index (χ0) is 24.9. The first-order valence-electron chi connectivity index (χ1n) is 9.65. The smallest absolute Gasteiger partial charge is 0.490 e. The molecule has 0 radical (unpaired) electrons. The minimum atomic E-state index is -5.08. The monoisotopic (exact) mass is 488 g/mol. The van der Waals surface area contributed by atoms with Crippen molar-refractivity contribution in [1.29, 1.82) is 0 Å². The van der Waals surface area contributed by atoms with Gasteiger partial charge >= 0.3 is 12.1 Å². The summed E-state index contributed by atoms with van der Waals surface area (Å²) in [6.45, 7) is 0.228. The van der Waals surface area contributed by atoms with Crippen LogP contribution in [0.4, 0.5) is 22.0 Å². The molecular formula is C21H17F5N2O6. The highest BCUT2D eigenvalue weighted by Gasteiger charge is 2.38. The Morgan fingerprint density at radius 1 is 1.09 bits per heavy atom. The van der Waals surface area contributed by atoms with Crippen molar-refractivity contribution in [3.05, 3.63) is 59.8 Å². The molecule has 1 aromatic carbocycles. The molecule has 0 atom stereocenters. The van der Waals surface area contributed by atoms with Gasteiger partial charge in [-0.25, -0.2) is 18.6 Å². The van der Waals surface area contributed by atoms with Crippen LogP contribution in [0.3, 0.4) is 0 Å². The molecule has 0 spiro atoms. The Morgan fingerprint density at radius 2 is 1.79 bits per heavy atom. The third-order valence-electron chi connectivity index (χ3n) is 4.57. The molecule has 0 aliphatic heterocycles. The van der Waals surface area contributed by atoms with Gasteiger partial charge in [-0.15, -0.1) is 0 Å². The fourth-order valence-electron chi connectivity index (χ4n) is 2.76. The molecule has 2 aromatic heterocycles. The number of aliphatic carboxylic acids is 1. The number of carbonyl (C=O) groups is 1. The van der Waals surface area contributed by atoms with Gasteiger partial charge in [0.25, 0.3) is 5.88 Å². The van der Waals surface area contributed by atoms with Crippen molar-refractivity contribution in [3.63, 3.8) is 0 Å². The number of aromatic nitrogens is 2. The van der Waals surface area contributed by atoms with E-state index in [-0.39, 0.29) is 24.7 Å². The first-order chi connectivity index (χ1) is 16.0. The third kappa shape index (κ3) is 6.88. The van der Waals surface area contributed by atoms with Gasteiger partial charge in [0.1, 0.15) is 6.10 Å². The molecule has 0 bridgehead atoms. The molecule has 2 heterocycles. The lowest BCUT2D eigenvalue weighted by Crippen LogP contribution is -2.39. The molecule has 1 saturated carbocycles. The van der Waals surface area contributed by atoms with Crippen molar-refractivity contribution >= 4 is 5.97 Å². The second kappa shape index (κ2) is 10.5. The van der Waals surface area contributed by atoms with Crippen LogP contribution in [0.1, 0.15) is 18.4 Å². The largest absolute Gasteiger partial charge is 0.491 e. The van der Waals surface area contributed by atoms with Gasteiger partial charge in [-0.3, -0.25) is 0 Å². The fourth-order valence-corrected chi connectivity index (χ4v) is 2.76. The number of hydrogen-bond donors (Lipinski definition) is 2. The minimum absolute atomic E-state index is 0.00683. The van der Waals surface area contributed by atoms with E-state index in [2.05, 4.69) is 10.1 Å². The number of pyridine rings is 1. The lowest BCUT2D eigenvalue weighted by atomic mass is 9.92. The molecule has 8 nitrogen and oxygen atoms in total. The van der Waals surface area contributed by atoms with E-state index in [9.17, 15) is 27.1 Å². The van der Waals surface area contributed by atoms with E-state index in [1.54, 1.807) is 18.3 Å². The van der Waals surface area contributed by atoms with Crippen LogP contribution in [0.25, 0.3) is 11.3 Å². The quantitative estimate of drug-likeness (QED) is 0.488. The molecule has 0 saturated heterocycles. The summed E-state index contributed by atoms with van der Waals surface area (Å²) in [4.78, 5) is 13.1. The van der Waals surface area contributed by atoms with E-state index in [1.165, 1.54) is 12.1 Å². The van der Waals surface area contributed by atoms with Crippen molar-refractivity contribution in [3.8, 4) is 23.1 Å². The Morgan fingerprint density at radius 3 is 2.32 bits per heavy atom. The molecule has 34 heavy (non-hydrogen) atoms. The Kier molecular flexibility index (Phi) is 7.66. The van der Waals surface area contributed by atoms with Crippen molar-refractivity contribution in [1.82, 2.24) is 10.1 Å². The topological polar surface area (TPSA) is 115 Å². The summed E-state index contributed by atoms with van der Waals surface area (Å²) in [5.74, 6) is -3.79. The number of hydrogen-bond acceptors (Lipinski definition) is 7. The molecular weight excluding hydrogens is 471 g/mol. The molecule has 3 aromatic rings. The van der Waals surface area contributed by atoms with Crippen molar-refractivity contribution in [2.24, 2.45) is 0 Å². The predicted octanol–water partition coefficient (Wildman–Crippen LogP) is 4.48. The number of carboxylic acids is 1. The van der Waals surface area contributed by atoms with Gasteiger partial charge in [-0.1, -0.05) is 6.07 Å². The zero-order valence-electron chi connectivity index (χ0n) is 17.1. The normalized spacial score (nSPS) is 17.3. The lowest BCUT2D eigenvalue weighted by Gasteiger charge is -2.34. The highest BCUT2D eigenvalue weighted by molar-refractivity contribution is 5.73. The first-order valence-corrected chi connectivity index (χ1v) is 9.65. The maximum atomic E-state index is 13.2. The zero-order valence-corrected chi connectivity index (χ0v) is 17.1. The maximum absolute atomic E-state index is 13.2. The lowest BCUT2D eigenvalue weighted by molar-refractivity contribution is -0.192. The molecule has 2 N–H and O–H groups in total. The summed E-state index contributed by atoms with van der Waals surface area (Å²) < 4.78 is 74.2. The van der Waals surface area contributed by atoms with Crippen molar-refractivity contribution in [2.45, 2.75) is 37.8 Å². The van der Waals surface area contributed by atoms with Crippen LogP contribution in [-0.4, -0.2) is 44.7 Å².